The van der Waals surface area contributed by atoms with E-state index in [9.17, 15) is 0 Å². The lowest BCUT2D eigenvalue weighted by molar-refractivity contribution is 0.295. The third-order valence-electron chi connectivity index (χ3n) is 2.11. The van der Waals surface area contributed by atoms with E-state index in [0.29, 0.717) is 5.41 Å². The first-order valence-corrected chi connectivity index (χ1v) is 3.84. The van der Waals surface area contributed by atoms with E-state index >= 15 is 0 Å². The van der Waals surface area contributed by atoms with Crippen molar-refractivity contribution in [3.8, 4) is 0 Å². The van der Waals surface area contributed by atoms with Gasteiger partial charge in [0.1, 0.15) is 0 Å². The van der Waals surface area contributed by atoms with Gasteiger partial charge < -0.3 is 5.32 Å². The molecule has 1 aliphatic heterocycles. The van der Waals surface area contributed by atoms with Gasteiger partial charge in [0.15, 0.2) is 0 Å². The Kier molecular flexibility index (Phi) is 3.68. The van der Waals surface area contributed by atoms with E-state index in [0.717, 1.165) is 6.04 Å². The van der Waals surface area contributed by atoms with Gasteiger partial charge in [-0.25, -0.2) is 0 Å². The zero-order valence-corrected chi connectivity index (χ0v) is 7.92. The Morgan fingerprint density at radius 3 is 2.10 bits per heavy atom. The summed E-state index contributed by atoms with van der Waals surface area (Å²) in [6.07, 6.45) is 2.73. The van der Waals surface area contributed by atoms with Gasteiger partial charge in [0.25, 0.3) is 0 Å². The van der Waals surface area contributed by atoms with Gasteiger partial charge in [0.2, 0.25) is 0 Å². The summed E-state index contributed by atoms with van der Waals surface area (Å²) in [4.78, 5) is 0. The Labute approximate surface area is 70.0 Å². The van der Waals surface area contributed by atoms with Crippen molar-refractivity contribution in [2.75, 3.05) is 6.54 Å². The van der Waals surface area contributed by atoms with Crippen molar-refractivity contribution in [1.82, 2.24) is 5.32 Å². The van der Waals surface area contributed by atoms with E-state index in [2.05, 4.69) is 26.1 Å². The van der Waals surface area contributed by atoms with E-state index in [1.54, 1.807) is 0 Å². The predicted octanol–water partition coefficient (Wildman–Crippen LogP) is 2.21. The maximum atomic E-state index is 3.50. The van der Waals surface area contributed by atoms with Crippen LogP contribution in [-0.2, 0) is 0 Å². The van der Waals surface area contributed by atoms with Crippen LogP contribution in [0.2, 0.25) is 0 Å². The van der Waals surface area contributed by atoms with E-state index in [1.807, 2.05) is 0 Å². The van der Waals surface area contributed by atoms with Crippen molar-refractivity contribution in [2.45, 2.75) is 39.7 Å². The molecule has 0 radical (unpaired) electrons. The van der Waals surface area contributed by atoms with Crippen molar-refractivity contribution in [1.29, 1.82) is 0 Å². The van der Waals surface area contributed by atoms with Crippen LogP contribution in [0.4, 0.5) is 0 Å². The molecule has 1 heterocycles. The lowest BCUT2D eigenvalue weighted by Crippen LogP contribution is -2.34. The molecule has 2 heteroatoms. The average Bonchev–Trinajstić information content (AvgIpc) is 2.08. The molecule has 1 aliphatic rings. The number of rotatable bonds is 0. The van der Waals surface area contributed by atoms with Crippen LogP contribution in [0.1, 0.15) is 33.6 Å². The van der Waals surface area contributed by atoms with E-state index < -0.39 is 0 Å². The van der Waals surface area contributed by atoms with Gasteiger partial charge in [-0.3, -0.25) is 0 Å². The van der Waals surface area contributed by atoms with Crippen LogP contribution in [0.5, 0.6) is 0 Å². The topological polar surface area (TPSA) is 12.0 Å². The first-order valence-electron chi connectivity index (χ1n) is 3.84. The highest BCUT2D eigenvalue weighted by Crippen LogP contribution is 2.25. The third kappa shape index (κ3) is 2.47. The Morgan fingerprint density at radius 1 is 1.30 bits per heavy atom. The summed E-state index contributed by atoms with van der Waals surface area (Å²) in [5, 5.41) is 3.50. The highest BCUT2D eigenvalue weighted by atomic mass is 35.5. The maximum absolute atomic E-state index is 3.50. The molecule has 1 atom stereocenters. The molecule has 62 valence electrons. The Balaban J connectivity index is 0.000000810. The van der Waals surface area contributed by atoms with E-state index in [-0.39, 0.29) is 12.4 Å². The van der Waals surface area contributed by atoms with Crippen LogP contribution in [0, 0.1) is 5.41 Å². The molecule has 0 aromatic carbocycles. The highest BCUT2D eigenvalue weighted by Gasteiger charge is 2.26. The highest BCUT2D eigenvalue weighted by molar-refractivity contribution is 5.85. The number of nitrogens with one attached hydrogen (secondary N) is 1. The molecule has 0 aliphatic carbocycles. The molecule has 0 bridgehead atoms. The first kappa shape index (κ1) is 10.2. The molecular formula is C8H18ClN. The number of hydrogen-bond acceptors (Lipinski definition) is 1. The largest absolute Gasteiger partial charge is 0.313 e. The van der Waals surface area contributed by atoms with Crippen molar-refractivity contribution in [2.24, 2.45) is 5.41 Å². The second kappa shape index (κ2) is 3.59. The van der Waals surface area contributed by atoms with Crippen LogP contribution in [0.25, 0.3) is 0 Å². The molecule has 0 saturated carbocycles. The minimum Gasteiger partial charge on any atom is -0.313 e. The summed E-state index contributed by atoms with van der Waals surface area (Å²) >= 11 is 0. The van der Waals surface area contributed by atoms with E-state index in [4.69, 9.17) is 0 Å². The van der Waals surface area contributed by atoms with Crippen LogP contribution in [0.15, 0.2) is 0 Å². The number of hydrogen-bond donors (Lipinski definition) is 1. The summed E-state index contributed by atoms with van der Waals surface area (Å²) < 4.78 is 0. The van der Waals surface area contributed by atoms with Gasteiger partial charge in [-0.1, -0.05) is 20.8 Å². The standard InChI is InChI=1S/C8H17N.ClH/c1-8(2,3)7-5-4-6-9-7;/h7,9H,4-6H2,1-3H3;1H. The second-order valence-electron chi connectivity index (χ2n) is 4.01. The van der Waals surface area contributed by atoms with Gasteiger partial charge in [-0.15, -0.1) is 12.4 Å². The van der Waals surface area contributed by atoms with Crippen molar-refractivity contribution in [3.63, 3.8) is 0 Å². The third-order valence-corrected chi connectivity index (χ3v) is 2.11. The normalized spacial score (nSPS) is 26.1. The predicted molar refractivity (Wildman–Crippen MR) is 47.7 cm³/mol. The van der Waals surface area contributed by atoms with Gasteiger partial charge in [-0.2, -0.15) is 0 Å². The molecule has 0 spiro atoms. The van der Waals surface area contributed by atoms with Gasteiger partial charge in [-0.05, 0) is 24.8 Å². The maximum Gasteiger partial charge on any atom is 0.0116 e. The van der Waals surface area contributed by atoms with E-state index in [1.165, 1.54) is 19.4 Å². The number of halogens is 1. The van der Waals surface area contributed by atoms with Crippen LogP contribution in [0.3, 0.4) is 0 Å². The fourth-order valence-electron chi connectivity index (χ4n) is 1.42. The molecule has 10 heavy (non-hydrogen) atoms. The molecule has 1 N–H and O–H groups in total. The summed E-state index contributed by atoms with van der Waals surface area (Å²) in [7, 11) is 0. The van der Waals surface area contributed by atoms with Crippen LogP contribution >= 0.6 is 12.4 Å². The van der Waals surface area contributed by atoms with Crippen molar-refractivity contribution < 1.29 is 0 Å². The lowest BCUT2D eigenvalue weighted by Gasteiger charge is -2.26. The van der Waals surface area contributed by atoms with Gasteiger partial charge in [0.05, 0.1) is 0 Å². The van der Waals surface area contributed by atoms with Crippen LogP contribution < -0.4 is 5.32 Å². The molecule has 0 aromatic heterocycles. The smallest absolute Gasteiger partial charge is 0.0116 e. The fraction of sp³-hybridized carbons (Fsp3) is 1.00. The second-order valence-corrected chi connectivity index (χ2v) is 4.01. The Hall–Kier alpha value is 0.250. The first-order chi connectivity index (χ1) is 4.11. The lowest BCUT2D eigenvalue weighted by atomic mass is 9.86. The molecule has 1 saturated heterocycles. The molecule has 1 unspecified atom stereocenters. The summed E-state index contributed by atoms with van der Waals surface area (Å²) in [5.41, 5.74) is 0.469. The molecule has 0 aromatic rings. The fourth-order valence-corrected chi connectivity index (χ4v) is 1.42. The van der Waals surface area contributed by atoms with Crippen molar-refractivity contribution >= 4 is 12.4 Å². The zero-order chi connectivity index (χ0) is 6.91. The van der Waals surface area contributed by atoms with Gasteiger partial charge in [0, 0.05) is 6.04 Å². The minimum absolute atomic E-state index is 0. The van der Waals surface area contributed by atoms with Gasteiger partial charge >= 0.3 is 0 Å². The molecule has 0 amide bonds. The summed E-state index contributed by atoms with van der Waals surface area (Å²) in [5.74, 6) is 0. The zero-order valence-electron chi connectivity index (χ0n) is 7.11. The molecular weight excluding hydrogens is 146 g/mol. The Bertz CT molecular complexity index is 89.9. The average molecular weight is 164 g/mol. The minimum atomic E-state index is 0. The molecule has 1 fully saturated rings. The molecule has 1 nitrogen and oxygen atoms in total. The Morgan fingerprint density at radius 2 is 1.90 bits per heavy atom. The molecule has 1 rings (SSSR count). The monoisotopic (exact) mass is 163 g/mol. The summed E-state index contributed by atoms with van der Waals surface area (Å²) in [6.45, 7) is 8.13. The SMILES string of the molecule is CC(C)(C)C1CCCN1.Cl. The van der Waals surface area contributed by atoms with Crippen molar-refractivity contribution in [3.05, 3.63) is 0 Å². The summed E-state index contributed by atoms with van der Waals surface area (Å²) in [6, 6.07) is 0.762. The quantitative estimate of drug-likeness (QED) is 0.578. The van der Waals surface area contributed by atoms with Crippen LogP contribution in [-0.4, -0.2) is 12.6 Å².